The molecule has 0 heterocycles. The Kier molecular flexibility index (Phi) is 8.37. The Bertz CT molecular complexity index is 161. The maximum Gasteiger partial charge on any atom is 0.133 e. The van der Waals surface area contributed by atoms with Gasteiger partial charge in [-0.05, 0) is 25.9 Å². The standard InChI is InChI=1S/C10H20N2O2/c11-7-1-3-9(13)5-6-10(14)4-2-8-12/h1-8,11-12H2. The predicted molar refractivity (Wildman–Crippen MR) is 55.8 cm³/mol. The fraction of sp³-hybridized carbons (Fsp3) is 0.800. The SMILES string of the molecule is NCCCC(=O)CCC(=O)CCCN. The first-order valence-corrected chi connectivity index (χ1v) is 5.14. The van der Waals surface area contributed by atoms with Crippen LogP contribution in [0.3, 0.4) is 0 Å². The van der Waals surface area contributed by atoms with E-state index < -0.39 is 0 Å². The molecule has 82 valence electrons. The summed E-state index contributed by atoms with van der Waals surface area (Å²) in [6.45, 7) is 1.07. The first-order valence-electron chi connectivity index (χ1n) is 5.14. The van der Waals surface area contributed by atoms with E-state index in [-0.39, 0.29) is 11.6 Å². The second-order valence-electron chi connectivity index (χ2n) is 3.36. The summed E-state index contributed by atoms with van der Waals surface area (Å²) >= 11 is 0. The minimum atomic E-state index is 0.136. The summed E-state index contributed by atoms with van der Waals surface area (Å²) in [7, 11) is 0. The summed E-state index contributed by atoms with van der Waals surface area (Å²) in [6.07, 6.45) is 3.17. The van der Waals surface area contributed by atoms with Crippen molar-refractivity contribution in [2.45, 2.75) is 38.5 Å². The summed E-state index contributed by atoms with van der Waals surface area (Å²) < 4.78 is 0. The highest BCUT2D eigenvalue weighted by Crippen LogP contribution is 2.02. The van der Waals surface area contributed by atoms with Crippen LogP contribution in [-0.2, 0) is 9.59 Å². The van der Waals surface area contributed by atoms with Crippen molar-refractivity contribution < 1.29 is 9.59 Å². The lowest BCUT2D eigenvalue weighted by Gasteiger charge is -1.99. The van der Waals surface area contributed by atoms with Gasteiger partial charge in [0.15, 0.2) is 0 Å². The third-order valence-corrected chi connectivity index (χ3v) is 2.00. The van der Waals surface area contributed by atoms with E-state index in [0.717, 1.165) is 12.8 Å². The molecule has 0 aliphatic heterocycles. The highest BCUT2D eigenvalue weighted by atomic mass is 16.1. The topological polar surface area (TPSA) is 86.2 Å². The molecule has 0 aliphatic carbocycles. The molecule has 0 atom stereocenters. The molecule has 0 aromatic heterocycles. The zero-order valence-corrected chi connectivity index (χ0v) is 8.63. The molecule has 0 bridgehead atoms. The largest absolute Gasteiger partial charge is 0.330 e. The molecule has 0 aliphatic rings. The van der Waals surface area contributed by atoms with Crippen LogP contribution in [0, 0.1) is 0 Å². The average molecular weight is 200 g/mol. The number of ketones is 2. The van der Waals surface area contributed by atoms with Crippen molar-refractivity contribution >= 4 is 11.6 Å². The second-order valence-corrected chi connectivity index (χ2v) is 3.36. The maximum absolute atomic E-state index is 11.1. The monoisotopic (exact) mass is 200 g/mol. The molecule has 0 spiro atoms. The van der Waals surface area contributed by atoms with Gasteiger partial charge in [0, 0.05) is 25.7 Å². The number of Topliss-reactive ketones (excluding diaryl/α,β-unsaturated/α-hetero) is 2. The molecule has 0 aromatic rings. The van der Waals surface area contributed by atoms with Gasteiger partial charge in [-0.3, -0.25) is 9.59 Å². The zero-order chi connectivity index (χ0) is 10.8. The number of hydrogen-bond acceptors (Lipinski definition) is 4. The Hall–Kier alpha value is -0.740. The van der Waals surface area contributed by atoms with E-state index in [9.17, 15) is 9.59 Å². The Morgan fingerprint density at radius 3 is 1.36 bits per heavy atom. The van der Waals surface area contributed by atoms with Crippen LogP contribution in [0.15, 0.2) is 0 Å². The predicted octanol–water partition coefficient (Wildman–Crippen LogP) is 0.383. The molecule has 0 radical (unpaired) electrons. The summed E-state index contributed by atoms with van der Waals surface area (Å²) in [6, 6.07) is 0. The fourth-order valence-corrected chi connectivity index (χ4v) is 1.13. The van der Waals surface area contributed by atoms with E-state index in [1.165, 1.54) is 0 Å². The van der Waals surface area contributed by atoms with Gasteiger partial charge in [-0.2, -0.15) is 0 Å². The third kappa shape index (κ3) is 7.89. The first-order chi connectivity index (χ1) is 6.70. The smallest absolute Gasteiger partial charge is 0.133 e. The van der Waals surface area contributed by atoms with E-state index >= 15 is 0 Å². The summed E-state index contributed by atoms with van der Waals surface area (Å²) in [5.74, 6) is 0.271. The Balaban J connectivity index is 3.41. The zero-order valence-electron chi connectivity index (χ0n) is 8.63. The van der Waals surface area contributed by atoms with Gasteiger partial charge in [-0.25, -0.2) is 0 Å². The highest BCUT2D eigenvalue weighted by Gasteiger charge is 2.06. The van der Waals surface area contributed by atoms with Crippen LogP contribution in [0.5, 0.6) is 0 Å². The van der Waals surface area contributed by atoms with Crippen molar-refractivity contribution in [1.29, 1.82) is 0 Å². The molecular weight excluding hydrogens is 180 g/mol. The summed E-state index contributed by atoms with van der Waals surface area (Å²) in [4.78, 5) is 22.3. The van der Waals surface area contributed by atoms with Crippen molar-refractivity contribution in [1.82, 2.24) is 0 Å². The molecule has 0 aromatic carbocycles. The second kappa shape index (κ2) is 8.84. The van der Waals surface area contributed by atoms with Gasteiger partial charge in [0.05, 0.1) is 0 Å². The van der Waals surface area contributed by atoms with Crippen molar-refractivity contribution in [2.24, 2.45) is 11.5 Å². The normalized spacial score (nSPS) is 10.1. The quantitative estimate of drug-likeness (QED) is 0.563. The van der Waals surface area contributed by atoms with Crippen molar-refractivity contribution in [3.63, 3.8) is 0 Å². The van der Waals surface area contributed by atoms with E-state index in [2.05, 4.69) is 0 Å². The minimum absolute atomic E-state index is 0.136. The van der Waals surface area contributed by atoms with E-state index in [4.69, 9.17) is 11.5 Å². The molecule has 0 saturated carbocycles. The van der Waals surface area contributed by atoms with Crippen LogP contribution in [0.25, 0.3) is 0 Å². The van der Waals surface area contributed by atoms with Crippen molar-refractivity contribution in [3.05, 3.63) is 0 Å². The lowest BCUT2D eigenvalue weighted by molar-refractivity contribution is -0.124. The molecule has 14 heavy (non-hydrogen) atoms. The molecule has 0 fully saturated rings. The number of carbonyl (C=O) groups excluding carboxylic acids is 2. The third-order valence-electron chi connectivity index (χ3n) is 2.00. The molecule has 0 amide bonds. The lowest BCUT2D eigenvalue weighted by Crippen LogP contribution is -2.08. The fourth-order valence-electron chi connectivity index (χ4n) is 1.13. The number of nitrogens with two attached hydrogens (primary N) is 2. The van der Waals surface area contributed by atoms with Crippen LogP contribution in [0.2, 0.25) is 0 Å². The van der Waals surface area contributed by atoms with Crippen molar-refractivity contribution in [2.75, 3.05) is 13.1 Å². The van der Waals surface area contributed by atoms with Crippen molar-refractivity contribution in [3.8, 4) is 0 Å². The van der Waals surface area contributed by atoms with Gasteiger partial charge in [0.1, 0.15) is 11.6 Å². The van der Waals surface area contributed by atoms with E-state index in [0.29, 0.717) is 38.8 Å². The maximum atomic E-state index is 11.1. The summed E-state index contributed by atoms with van der Waals surface area (Å²) in [5, 5.41) is 0. The van der Waals surface area contributed by atoms with Gasteiger partial charge in [-0.1, -0.05) is 0 Å². The van der Waals surface area contributed by atoms with Gasteiger partial charge in [-0.15, -0.1) is 0 Å². The Morgan fingerprint density at radius 2 is 1.07 bits per heavy atom. The number of hydrogen-bond donors (Lipinski definition) is 2. The van der Waals surface area contributed by atoms with Gasteiger partial charge in [0.25, 0.3) is 0 Å². The van der Waals surface area contributed by atoms with Crippen LogP contribution in [0.4, 0.5) is 0 Å². The molecule has 0 rings (SSSR count). The Morgan fingerprint density at radius 1 is 0.714 bits per heavy atom. The van der Waals surface area contributed by atoms with Gasteiger partial charge >= 0.3 is 0 Å². The van der Waals surface area contributed by atoms with Crippen LogP contribution in [0.1, 0.15) is 38.5 Å². The van der Waals surface area contributed by atoms with E-state index in [1.54, 1.807) is 0 Å². The van der Waals surface area contributed by atoms with E-state index in [1.807, 2.05) is 0 Å². The Labute approximate surface area is 85.0 Å². The number of rotatable bonds is 9. The minimum Gasteiger partial charge on any atom is -0.330 e. The van der Waals surface area contributed by atoms with Crippen LogP contribution >= 0.6 is 0 Å². The summed E-state index contributed by atoms with van der Waals surface area (Å²) in [5.41, 5.74) is 10.5. The molecular formula is C10H20N2O2. The molecule has 0 unspecified atom stereocenters. The number of carbonyl (C=O) groups is 2. The molecule has 4 heteroatoms. The molecule has 0 saturated heterocycles. The van der Waals surface area contributed by atoms with Gasteiger partial charge < -0.3 is 11.5 Å². The molecule has 4 N–H and O–H groups in total. The highest BCUT2D eigenvalue weighted by molar-refractivity contribution is 5.85. The van der Waals surface area contributed by atoms with Gasteiger partial charge in [0.2, 0.25) is 0 Å². The lowest BCUT2D eigenvalue weighted by atomic mass is 10.1. The van der Waals surface area contributed by atoms with Crippen LogP contribution < -0.4 is 11.5 Å². The average Bonchev–Trinajstić information content (AvgIpc) is 2.20. The first kappa shape index (κ1) is 13.3. The van der Waals surface area contributed by atoms with Crippen LogP contribution in [-0.4, -0.2) is 24.7 Å². The molecule has 4 nitrogen and oxygen atoms in total.